The van der Waals surface area contributed by atoms with E-state index in [0.29, 0.717) is 38.4 Å². The molecule has 2 heterocycles. The van der Waals surface area contributed by atoms with Gasteiger partial charge in [0, 0.05) is 36.0 Å². The van der Waals surface area contributed by atoms with Crippen molar-refractivity contribution in [3.8, 4) is 0 Å². The molecular formula is C21H24N2O5S. The largest absolute Gasteiger partial charge is 0.481 e. The normalized spacial score (nSPS) is 15.0. The van der Waals surface area contributed by atoms with Crippen molar-refractivity contribution in [3.63, 3.8) is 0 Å². The Hall–Kier alpha value is -2.71. The number of ether oxygens (including phenoxy) is 1. The van der Waals surface area contributed by atoms with Crippen LogP contribution < -0.4 is 5.32 Å². The number of anilines is 1. The highest BCUT2D eigenvalue weighted by Gasteiger charge is 2.21. The van der Waals surface area contributed by atoms with E-state index in [1.165, 1.54) is 11.3 Å². The van der Waals surface area contributed by atoms with Crippen LogP contribution in [-0.2, 0) is 25.5 Å². The van der Waals surface area contributed by atoms with Gasteiger partial charge in [-0.05, 0) is 29.1 Å². The van der Waals surface area contributed by atoms with Crippen molar-refractivity contribution in [2.24, 2.45) is 0 Å². The van der Waals surface area contributed by atoms with Crippen molar-refractivity contribution in [2.75, 3.05) is 31.6 Å². The summed E-state index contributed by atoms with van der Waals surface area (Å²) in [5.74, 6) is -1.44. The summed E-state index contributed by atoms with van der Waals surface area (Å²) >= 11 is 1.45. The number of rotatable bonds is 8. The molecule has 0 radical (unpaired) electrons. The smallest absolute Gasteiger partial charge is 0.304 e. The first kappa shape index (κ1) is 21.0. The summed E-state index contributed by atoms with van der Waals surface area (Å²) < 4.78 is 5.26. The van der Waals surface area contributed by atoms with Crippen molar-refractivity contribution in [1.29, 1.82) is 0 Å². The van der Waals surface area contributed by atoms with Crippen LogP contribution in [0.4, 0.5) is 5.69 Å². The zero-order valence-corrected chi connectivity index (χ0v) is 16.8. The highest BCUT2D eigenvalue weighted by atomic mass is 32.1. The van der Waals surface area contributed by atoms with Crippen LogP contribution in [0.5, 0.6) is 0 Å². The van der Waals surface area contributed by atoms with Crippen molar-refractivity contribution in [2.45, 2.75) is 25.2 Å². The molecule has 1 aromatic carbocycles. The summed E-state index contributed by atoms with van der Waals surface area (Å²) in [7, 11) is 0. The van der Waals surface area contributed by atoms with Gasteiger partial charge in [0.1, 0.15) is 0 Å². The number of hydrogen-bond donors (Lipinski definition) is 2. The Morgan fingerprint density at radius 2 is 1.83 bits per heavy atom. The number of morpholine rings is 1. The number of hydrogen-bond acceptors (Lipinski definition) is 5. The number of carboxylic acid groups (broad SMARTS) is 1. The third-order valence-electron chi connectivity index (χ3n) is 4.76. The number of carboxylic acids is 1. The fraction of sp³-hybridized carbons (Fsp3) is 0.381. The minimum atomic E-state index is -0.925. The first-order chi connectivity index (χ1) is 14.0. The molecule has 2 N–H and O–H groups in total. The predicted octanol–water partition coefficient (Wildman–Crippen LogP) is 2.74. The van der Waals surface area contributed by atoms with E-state index in [1.807, 2.05) is 29.6 Å². The summed E-state index contributed by atoms with van der Waals surface area (Å²) in [6.07, 6.45) is 0.327. The third kappa shape index (κ3) is 6.40. The lowest BCUT2D eigenvalue weighted by Crippen LogP contribution is -2.41. The van der Waals surface area contributed by atoms with Crippen LogP contribution >= 0.6 is 11.3 Å². The second-order valence-corrected chi connectivity index (χ2v) is 7.91. The summed E-state index contributed by atoms with van der Waals surface area (Å²) in [6.45, 7) is 2.39. The molecule has 29 heavy (non-hydrogen) atoms. The van der Waals surface area contributed by atoms with Gasteiger partial charge in [-0.1, -0.05) is 18.2 Å². The third-order valence-corrected chi connectivity index (χ3v) is 5.79. The van der Waals surface area contributed by atoms with Gasteiger partial charge in [-0.25, -0.2) is 0 Å². The maximum Gasteiger partial charge on any atom is 0.304 e. The van der Waals surface area contributed by atoms with Crippen LogP contribution in [0.1, 0.15) is 29.2 Å². The van der Waals surface area contributed by atoms with E-state index in [0.717, 1.165) is 10.4 Å². The Labute approximate surface area is 173 Å². The number of thiophene rings is 1. The lowest BCUT2D eigenvalue weighted by molar-refractivity contribution is -0.137. The molecule has 0 spiro atoms. The van der Waals surface area contributed by atoms with Crippen LogP contribution in [0.2, 0.25) is 0 Å². The maximum atomic E-state index is 12.4. The van der Waals surface area contributed by atoms with Crippen LogP contribution in [0.3, 0.4) is 0 Å². The van der Waals surface area contributed by atoms with Gasteiger partial charge in [0.25, 0.3) is 0 Å². The molecule has 154 valence electrons. The molecule has 8 heteroatoms. The zero-order chi connectivity index (χ0) is 20.6. The minimum Gasteiger partial charge on any atom is -0.481 e. The monoisotopic (exact) mass is 416 g/mol. The van der Waals surface area contributed by atoms with Crippen LogP contribution in [0.15, 0.2) is 41.8 Å². The maximum absolute atomic E-state index is 12.4. The molecule has 3 rings (SSSR count). The van der Waals surface area contributed by atoms with Gasteiger partial charge in [0.05, 0.1) is 26.1 Å². The fourth-order valence-corrected chi connectivity index (χ4v) is 4.08. The average Bonchev–Trinajstić information content (AvgIpc) is 3.24. The molecule has 1 aliphatic heterocycles. The number of aliphatic carboxylic acids is 1. The number of carbonyl (C=O) groups excluding carboxylic acids is 2. The summed E-state index contributed by atoms with van der Waals surface area (Å²) in [6, 6.07) is 10.9. The van der Waals surface area contributed by atoms with Gasteiger partial charge in [0.2, 0.25) is 11.8 Å². The molecule has 1 atom stereocenters. The van der Waals surface area contributed by atoms with E-state index in [-0.39, 0.29) is 30.6 Å². The summed E-state index contributed by atoms with van der Waals surface area (Å²) in [4.78, 5) is 38.5. The minimum absolute atomic E-state index is 0.0672. The first-order valence-electron chi connectivity index (χ1n) is 9.51. The standard InChI is InChI=1S/C21H24N2O5S/c24-19(13-16(14-21(26)27)18-2-1-11-29-18)22-17-5-3-15(4-6-17)12-20(25)23-7-9-28-10-8-23/h1-6,11,16H,7-10,12-14H2,(H,22,24)(H,26,27)/t16-/m0/s1. The Bertz CT molecular complexity index is 829. The SMILES string of the molecule is O=C(O)C[C@H](CC(=O)Nc1ccc(CC(=O)N2CCOCC2)cc1)c1cccs1. The highest BCUT2D eigenvalue weighted by molar-refractivity contribution is 7.10. The van der Waals surface area contributed by atoms with Gasteiger partial charge in [-0.15, -0.1) is 11.3 Å². The lowest BCUT2D eigenvalue weighted by Gasteiger charge is -2.26. The summed E-state index contributed by atoms with van der Waals surface area (Å²) in [5, 5.41) is 13.8. The van der Waals surface area contributed by atoms with E-state index in [4.69, 9.17) is 9.84 Å². The van der Waals surface area contributed by atoms with E-state index in [1.54, 1.807) is 17.0 Å². The van der Waals surface area contributed by atoms with Gasteiger partial charge < -0.3 is 20.1 Å². The molecule has 1 aromatic heterocycles. The topological polar surface area (TPSA) is 95.9 Å². The quantitative estimate of drug-likeness (QED) is 0.690. The fourth-order valence-electron chi connectivity index (χ4n) is 3.25. The van der Waals surface area contributed by atoms with Crippen LogP contribution in [0, 0.1) is 0 Å². The lowest BCUT2D eigenvalue weighted by atomic mass is 9.99. The molecule has 2 amide bonds. The average molecular weight is 416 g/mol. The van der Waals surface area contributed by atoms with Crippen molar-refractivity contribution in [1.82, 2.24) is 4.90 Å². The molecule has 0 bridgehead atoms. The molecule has 1 aliphatic rings. The van der Waals surface area contributed by atoms with Crippen molar-refractivity contribution >= 4 is 34.8 Å². The van der Waals surface area contributed by atoms with Gasteiger partial charge in [-0.3, -0.25) is 14.4 Å². The van der Waals surface area contributed by atoms with Gasteiger partial charge in [-0.2, -0.15) is 0 Å². The second kappa shape index (κ2) is 10.2. The van der Waals surface area contributed by atoms with Crippen LogP contribution in [-0.4, -0.2) is 54.1 Å². The van der Waals surface area contributed by atoms with Crippen LogP contribution in [0.25, 0.3) is 0 Å². The highest BCUT2D eigenvalue weighted by Crippen LogP contribution is 2.28. The zero-order valence-electron chi connectivity index (χ0n) is 16.0. The molecule has 2 aromatic rings. The number of nitrogens with one attached hydrogen (secondary N) is 1. The van der Waals surface area contributed by atoms with Crippen molar-refractivity contribution in [3.05, 3.63) is 52.2 Å². The molecule has 1 fully saturated rings. The molecule has 1 saturated heterocycles. The number of benzene rings is 1. The van der Waals surface area contributed by atoms with E-state index in [9.17, 15) is 14.4 Å². The van der Waals surface area contributed by atoms with Gasteiger partial charge >= 0.3 is 5.97 Å². The Morgan fingerprint density at radius 3 is 2.45 bits per heavy atom. The Balaban J connectivity index is 1.53. The Morgan fingerprint density at radius 1 is 1.10 bits per heavy atom. The number of amides is 2. The first-order valence-corrected chi connectivity index (χ1v) is 10.4. The number of carbonyl (C=O) groups is 3. The van der Waals surface area contributed by atoms with E-state index >= 15 is 0 Å². The molecule has 7 nitrogen and oxygen atoms in total. The number of nitrogens with zero attached hydrogens (tertiary/aromatic N) is 1. The molecule has 0 unspecified atom stereocenters. The molecule has 0 aliphatic carbocycles. The summed E-state index contributed by atoms with van der Waals surface area (Å²) in [5.41, 5.74) is 1.50. The van der Waals surface area contributed by atoms with E-state index in [2.05, 4.69) is 5.32 Å². The second-order valence-electron chi connectivity index (χ2n) is 6.93. The van der Waals surface area contributed by atoms with Crippen molar-refractivity contribution < 1.29 is 24.2 Å². The molecular weight excluding hydrogens is 392 g/mol. The molecule has 0 saturated carbocycles. The Kier molecular flexibility index (Phi) is 7.37. The van der Waals surface area contributed by atoms with Gasteiger partial charge in [0.15, 0.2) is 0 Å². The predicted molar refractivity (Wildman–Crippen MR) is 110 cm³/mol. The van der Waals surface area contributed by atoms with E-state index < -0.39 is 5.97 Å².